The number of carbonyl (C=O) groups is 1. The summed E-state index contributed by atoms with van der Waals surface area (Å²) in [5.74, 6) is -1.49. The molecule has 2 rings (SSSR count). The summed E-state index contributed by atoms with van der Waals surface area (Å²) in [7, 11) is -1.34. The lowest BCUT2D eigenvalue weighted by Gasteiger charge is -2.16. The Morgan fingerprint density at radius 3 is 2.71 bits per heavy atom. The molecule has 114 valence electrons. The van der Waals surface area contributed by atoms with Gasteiger partial charge in [-0.3, -0.25) is 4.79 Å². The molecule has 0 amide bonds. The Balaban J connectivity index is 2.21. The maximum Gasteiger partial charge on any atom is 0.451 e. The van der Waals surface area contributed by atoms with Gasteiger partial charge in [0.1, 0.15) is 0 Å². The molecule has 1 aromatic rings. The number of fused-ring (bicyclic) bond motifs is 1. The average Bonchev–Trinajstić information content (AvgIpc) is 2.74. The highest BCUT2D eigenvalue weighted by Crippen LogP contribution is 2.42. The minimum atomic E-state index is -1.34. The molecule has 2 atom stereocenters. The fourth-order valence-corrected chi connectivity index (χ4v) is 3.38. The van der Waals surface area contributed by atoms with Crippen LogP contribution in [0.5, 0.6) is 0 Å². The molecule has 0 saturated heterocycles. The van der Waals surface area contributed by atoms with Gasteiger partial charge in [-0.1, -0.05) is 24.1 Å². The summed E-state index contributed by atoms with van der Waals surface area (Å²) in [4.78, 5) is 11.6. The van der Waals surface area contributed by atoms with Crippen LogP contribution < -0.4 is 5.73 Å². The molecule has 5 nitrogen and oxygen atoms in total. The van der Waals surface area contributed by atoms with E-state index in [-0.39, 0.29) is 12.2 Å². The second kappa shape index (κ2) is 6.79. The van der Waals surface area contributed by atoms with Gasteiger partial charge < -0.3 is 20.9 Å². The van der Waals surface area contributed by atoms with Crippen molar-refractivity contribution in [1.29, 1.82) is 0 Å². The first-order valence-electron chi connectivity index (χ1n) is 7.04. The van der Waals surface area contributed by atoms with E-state index in [1.165, 1.54) is 0 Å². The monoisotopic (exact) mass is 311 g/mol. The van der Waals surface area contributed by atoms with Gasteiger partial charge in [0.2, 0.25) is 0 Å². The molecule has 1 aromatic carbocycles. The molecule has 0 radical (unpaired) electrons. The Morgan fingerprint density at radius 2 is 2.14 bits per heavy atom. The lowest BCUT2D eigenvalue weighted by atomic mass is 9.80. The molecular formula is C14H19BClNO4. The molecule has 5 N–H and O–H groups in total. The van der Waals surface area contributed by atoms with Gasteiger partial charge in [0, 0.05) is 11.6 Å². The van der Waals surface area contributed by atoms with Crippen molar-refractivity contribution in [2.24, 2.45) is 11.7 Å². The van der Waals surface area contributed by atoms with Crippen molar-refractivity contribution in [1.82, 2.24) is 0 Å². The van der Waals surface area contributed by atoms with Gasteiger partial charge in [-0.05, 0) is 47.8 Å². The Hall–Kier alpha value is -1.08. The summed E-state index contributed by atoms with van der Waals surface area (Å²) in [5, 5.41) is 27.8. The molecule has 0 spiro atoms. The van der Waals surface area contributed by atoms with Crippen LogP contribution in [0.25, 0.3) is 0 Å². The number of aliphatic carboxylic acids is 1. The first-order valence-corrected chi connectivity index (χ1v) is 7.42. The van der Waals surface area contributed by atoms with Crippen molar-refractivity contribution >= 4 is 24.7 Å². The summed E-state index contributed by atoms with van der Waals surface area (Å²) >= 11 is 6.13. The van der Waals surface area contributed by atoms with Crippen molar-refractivity contribution in [3.8, 4) is 0 Å². The Labute approximate surface area is 128 Å². The maximum absolute atomic E-state index is 11.6. The number of nitrogens with two attached hydrogens (primary N) is 1. The summed E-state index contributed by atoms with van der Waals surface area (Å²) in [6, 6.07) is 3.62. The summed E-state index contributed by atoms with van der Waals surface area (Å²) in [6.07, 6.45) is 2.14. The first-order chi connectivity index (χ1) is 9.93. The molecule has 0 aromatic heterocycles. The summed E-state index contributed by atoms with van der Waals surface area (Å²) in [5.41, 5.74) is 8.21. The maximum atomic E-state index is 11.6. The zero-order valence-electron chi connectivity index (χ0n) is 11.6. The Bertz CT molecular complexity index is 538. The van der Waals surface area contributed by atoms with Crippen LogP contribution in [-0.4, -0.2) is 28.2 Å². The topological polar surface area (TPSA) is 104 Å². The van der Waals surface area contributed by atoms with Crippen LogP contribution in [-0.2, 0) is 17.8 Å². The average molecular weight is 312 g/mol. The van der Waals surface area contributed by atoms with Crippen molar-refractivity contribution < 1.29 is 19.9 Å². The molecule has 0 heterocycles. The van der Waals surface area contributed by atoms with E-state index in [4.69, 9.17) is 27.4 Å². The van der Waals surface area contributed by atoms with Gasteiger partial charge in [-0.15, -0.1) is 0 Å². The zero-order valence-corrected chi connectivity index (χ0v) is 12.4. The summed E-state index contributed by atoms with van der Waals surface area (Å²) < 4.78 is 0. The van der Waals surface area contributed by atoms with E-state index in [1.807, 2.05) is 6.07 Å². The van der Waals surface area contributed by atoms with Crippen LogP contribution in [0.4, 0.5) is 0 Å². The molecule has 0 bridgehead atoms. The van der Waals surface area contributed by atoms with Crippen LogP contribution in [0, 0.1) is 5.92 Å². The normalized spacial score (nSPS) is 20.4. The number of hydrogen-bond acceptors (Lipinski definition) is 4. The van der Waals surface area contributed by atoms with Gasteiger partial charge >= 0.3 is 13.1 Å². The lowest BCUT2D eigenvalue weighted by Crippen LogP contribution is -2.18. The molecular weight excluding hydrogens is 292 g/mol. The third-order valence-electron chi connectivity index (χ3n) is 4.12. The minimum Gasteiger partial charge on any atom is -0.481 e. The van der Waals surface area contributed by atoms with Crippen molar-refractivity contribution in [3.63, 3.8) is 0 Å². The molecule has 0 fully saturated rings. The molecule has 0 aliphatic heterocycles. The van der Waals surface area contributed by atoms with Crippen molar-refractivity contribution in [2.75, 3.05) is 0 Å². The lowest BCUT2D eigenvalue weighted by molar-refractivity contribution is -0.139. The smallest absolute Gasteiger partial charge is 0.451 e. The van der Waals surface area contributed by atoms with E-state index in [2.05, 4.69) is 0 Å². The molecule has 21 heavy (non-hydrogen) atoms. The molecule has 0 saturated carbocycles. The second-order valence-electron chi connectivity index (χ2n) is 5.54. The van der Waals surface area contributed by atoms with E-state index in [0.29, 0.717) is 30.8 Å². The molecule has 2 unspecified atom stereocenters. The van der Waals surface area contributed by atoms with E-state index in [0.717, 1.165) is 16.7 Å². The van der Waals surface area contributed by atoms with E-state index in [9.17, 15) is 9.90 Å². The largest absolute Gasteiger partial charge is 0.481 e. The minimum absolute atomic E-state index is 0.0414. The van der Waals surface area contributed by atoms with Crippen LogP contribution in [0.2, 0.25) is 11.3 Å². The number of carboxylic acid groups (broad SMARTS) is 1. The van der Waals surface area contributed by atoms with E-state index < -0.39 is 19.0 Å². The van der Waals surface area contributed by atoms with Crippen LogP contribution >= 0.6 is 11.6 Å². The van der Waals surface area contributed by atoms with E-state index >= 15 is 0 Å². The Morgan fingerprint density at radius 1 is 1.43 bits per heavy atom. The molecule has 1 aliphatic carbocycles. The third-order valence-corrected chi connectivity index (χ3v) is 4.47. The highest BCUT2D eigenvalue weighted by atomic mass is 35.5. The highest BCUT2D eigenvalue weighted by Gasteiger charge is 2.37. The fourth-order valence-electron chi connectivity index (χ4n) is 3.13. The number of halogens is 1. The van der Waals surface area contributed by atoms with Crippen molar-refractivity contribution in [2.45, 2.75) is 38.0 Å². The number of hydrogen-bond donors (Lipinski definition) is 4. The van der Waals surface area contributed by atoms with Crippen LogP contribution in [0.15, 0.2) is 12.1 Å². The number of rotatable bonds is 6. The van der Waals surface area contributed by atoms with Crippen molar-refractivity contribution in [3.05, 3.63) is 33.8 Å². The number of benzene rings is 1. The predicted molar refractivity (Wildman–Crippen MR) is 81.1 cm³/mol. The third kappa shape index (κ3) is 3.58. The fraction of sp³-hybridized carbons (Fsp3) is 0.500. The van der Waals surface area contributed by atoms with Gasteiger partial charge in [0.05, 0.1) is 5.92 Å². The highest BCUT2D eigenvalue weighted by molar-refractivity contribution is 6.40. The SMILES string of the molecule is NCc1cc2c(cc1Cl)C(C(=O)O)C(CCCB(O)O)C2. The zero-order chi connectivity index (χ0) is 15.6. The molecule has 7 heteroatoms. The Kier molecular flexibility index (Phi) is 5.27. The van der Waals surface area contributed by atoms with Crippen LogP contribution in [0.3, 0.4) is 0 Å². The summed E-state index contributed by atoms with van der Waals surface area (Å²) in [6.45, 7) is 0.325. The predicted octanol–water partition coefficient (Wildman–Crippen LogP) is 1.39. The van der Waals surface area contributed by atoms with E-state index in [1.54, 1.807) is 6.07 Å². The van der Waals surface area contributed by atoms with Crippen LogP contribution in [0.1, 0.15) is 35.4 Å². The van der Waals surface area contributed by atoms with Gasteiger partial charge in [-0.25, -0.2) is 0 Å². The van der Waals surface area contributed by atoms with Gasteiger partial charge in [-0.2, -0.15) is 0 Å². The standard InChI is InChI=1S/C14H19BClNO4/c16-12-6-11-9(5-10(12)7-17)4-8(13(11)14(18)19)2-1-3-15(20)21/h5-6,8,13,20-21H,1-4,7,17H2,(H,18,19). The van der Waals surface area contributed by atoms with Gasteiger partial charge in [0.15, 0.2) is 0 Å². The second-order valence-corrected chi connectivity index (χ2v) is 5.95. The first kappa shape index (κ1) is 16.3. The number of carboxylic acids is 1. The van der Waals surface area contributed by atoms with Gasteiger partial charge in [0.25, 0.3) is 0 Å². The quantitative estimate of drug-likeness (QED) is 0.594. The molecule has 1 aliphatic rings.